The van der Waals surface area contributed by atoms with E-state index in [9.17, 15) is 9.59 Å². The minimum atomic E-state index is -0.774. The van der Waals surface area contributed by atoms with Crippen molar-refractivity contribution in [3.8, 4) is 0 Å². The molecule has 0 unspecified atom stereocenters. The lowest BCUT2D eigenvalue weighted by Crippen LogP contribution is -2.21. The highest BCUT2D eigenvalue weighted by molar-refractivity contribution is 5.71. The first-order chi connectivity index (χ1) is 12.6. The number of rotatable bonds is 18. The van der Waals surface area contributed by atoms with Crippen LogP contribution >= 0.6 is 0 Å². The Bertz CT molecular complexity index is 309. The van der Waals surface area contributed by atoms with Gasteiger partial charge in [0.15, 0.2) is 0 Å². The van der Waals surface area contributed by atoms with Crippen LogP contribution in [0.4, 0.5) is 0 Å². The highest BCUT2D eigenvalue weighted by Crippen LogP contribution is 2.11. The maximum Gasteiger partial charge on any atom is 0.308 e. The monoisotopic (exact) mass is 370 g/mol. The van der Waals surface area contributed by atoms with Crippen LogP contribution < -0.4 is 0 Å². The molecule has 0 N–H and O–H groups in total. The van der Waals surface area contributed by atoms with Crippen LogP contribution in [0.2, 0.25) is 0 Å². The van der Waals surface area contributed by atoms with Crippen LogP contribution in [-0.2, 0) is 19.1 Å². The van der Waals surface area contributed by atoms with Crippen LogP contribution in [0.3, 0.4) is 0 Å². The van der Waals surface area contributed by atoms with Crippen molar-refractivity contribution in [2.75, 3.05) is 0 Å². The average molecular weight is 371 g/mol. The molecular weight excluding hydrogens is 328 g/mol. The molecule has 0 saturated carbocycles. The van der Waals surface area contributed by atoms with Crippen molar-refractivity contribution in [2.45, 2.75) is 130 Å². The number of hydrogen-bond acceptors (Lipinski definition) is 4. The fraction of sp³-hybridized carbons (Fsp3) is 0.909. The van der Waals surface area contributed by atoms with Gasteiger partial charge in [-0.15, -0.1) is 0 Å². The first kappa shape index (κ1) is 24.9. The van der Waals surface area contributed by atoms with Crippen molar-refractivity contribution in [2.24, 2.45) is 0 Å². The van der Waals surface area contributed by atoms with E-state index in [1.165, 1.54) is 64.2 Å². The predicted octanol–water partition coefficient (Wildman–Crippen LogP) is 6.70. The van der Waals surface area contributed by atoms with Gasteiger partial charge < -0.3 is 9.47 Å². The van der Waals surface area contributed by atoms with Crippen LogP contribution in [0, 0.1) is 0 Å². The van der Waals surface area contributed by atoms with E-state index >= 15 is 0 Å². The number of unbranched alkanes of at least 4 members (excludes halogenated alkanes) is 12. The van der Waals surface area contributed by atoms with E-state index in [0.29, 0.717) is 12.8 Å². The maximum absolute atomic E-state index is 11.7. The molecule has 0 heterocycles. The van der Waals surface area contributed by atoms with Gasteiger partial charge in [-0.1, -0.05) is 90.9 Å². The molecule has 0 aromatic carbocycles. The molecule has 0 saturated heterocycles. The van der Waals surface area contributed by atoms with Crippen molar-refractivity contribution in [1.82, 2.24) is 0 Å². The molecular formula is C22H42O4. The van der Waals surface area contributed by atoms with E-state index in [-0.39, 0.29) is 11.9 Å². The standard InChI is InChI=1S/C22H42O4/c1-4-6-8-10-12-14-16-18-21(23)25-20(3)26-22(24)19-17-15-13-11-9-7-5-2/h20H,4-19H2,1-3H3. The third kappa shape index (κ3) is 17.8. The fourth-order valence-corrected chi connectivity index (χ4v) is 2.97. The van der Waals surface area contributed by atoms with E-state index < -0.39 is 6.29 Å². The van der Waals surface area contributed by atoms with Gasteiger partial charge in [-0.3, -0.25) is 9.59 Å². The molecule has 0 aromatic heterocycles. The summed E-state index contributed by atoms with van der Waals surface area (Å²) >= 11 is 0. The van der Waals surface area contributed by atoms with Crippen molar-refractivity contribution in [3.63, 3.8) is 0 Å². The van der Waals surface area contributed by atoms with Crippen molar-refractivity contribution in [1.29, 1.82) is 0 Å². The summed E-state index contributed by atoms with van der Waals surface area (Å²) in [4.78, 5) is 23.5. The Balaban J connectivity index is 3.53. The number of carbonyl (C=O) groups excluding carboxylic acids is 2. The predicted molar refractivity (Wildman–Crippen MR) is 107 cm³/mol. The van der Waals surface area contributed by atoms with Gasteiger partial charge in [0, 0.05) is 19.8 Å². The van der Waals surface area contributed by atoms with Crippen molar-refractivity contribution in [3.05, 3.63) is 0 Å². The summed E-state index contributed by atoms with van der Waals surface area (Å²) in [5.74, 6) is -0.537. The van der Waals surface area contributed by atoms with E-state index in [1.807, 2.05) is 0 Å². The molecule has 0 bridgehead atoms. The second-order valence-corrected chi connectivity index (χ2v) is 7.29. The summed E-state index contributed by atoms with van der Waals surface area (Å²) in [6.07, 6.45) is 16.4. The number of ether oxygens (including phenoxy) is 2. The largest absolute Gasteiger partial charge is 0.425 e. The number of esters is 2. The molecule has 0 atom stereocenters. The topological polar surface area (TPSA) is 52.6 Å². The first-order valence-corrected chi connectivity index (χ1v) is 11.0. The molecule has 0 radical (unpaired) electrons. The molecule has 0 fully saturated rings. The Morgan fingerprint density at radius 1 is 0.577 bits per heavy atom. The van der Waals surface area contributed by atoms with Gasteiger partial charge in [0.1, 0.15) is 0 Å². The smallest absolute Gasteiger partial charge is 0.308 e. The maximum atomic E-state index is 11.7. The SMILES string of the molecule is CCCCCCCCCC(=O)OC(C)OC(=O)CCCCCCCCC. The molecule has 4 heteroatoms. The molecule has 0 aliphatic heterocycles. The van der Waals surface area contributed by atoms with Gasteiger partial charge in [-0.05, 0) is 12.8 Å². The summed E-state index contributed by atoms with van der Waals surface area (Å²) in [5, 5.41) is 0. The van der Waals surface area contributed by atoms with E-state index in [1.54, 1.807) is 6.92 Å². The zero-order chi connectivity index (χ0) is 19.5. The van der Waals surface area contributed by atoms with Gasteiger partial charge in [-0.2, -0.15) is 0 Å². The minimum absolute atomic E-state index is 0.269. The first-order valence-electron chi connectivity index (χ1n) is 11.0. The molecule has 0 aliphatic carbocycles. The highest BCUT2D eigenvalue weighted by Gasteiger charge is 2.13. The third-order valence-corrected chi connectivity index (χ3v) is 4.56. The second-order valence-electron chi connectivity index (χ2n) is 7.29. The average Bonchev–Trinajstić information content (AvgIpc) is 2.60. The Morgan fingerprint density at radius 3 is 1.23 bits per heavy atom. The molecule has 0 aliphatic rings. The Labute approximate surface area is 161 Å². The quantitative estimate of drug-likeness (QED) is 0.153. The van der Waals surface area contributed by atoms with Crippen LogP contribution in [-0.4, -0.2) is 18.2 Å². The number of carbonyl (C=O) groups is 2. The molecule has 0 rings (SSSR count). The van der Waals surface area contributed by atoms with Crippen LogP contribution in [0.1, 0.15) is 124 Å². The third-order valence-electron chi connectivity index (χ3n) is 4.56. The van der Waals surface area contributed by atoms with Crippen molar-refractivity contribution < 1.29 is 19.1 Å². The zero-order valence-electron chi connectivity index (χ0n) is 17.5. The second kappa shape index (κ2) is 18.7. The minimum Gasteiger partial charge on any atom is -0.425 e. The molecule has 0 spiro atoms. The van der Waals surface area contributed by atoms with Gasteiger partial charge in [0.2, 0.25) is 6.29 Å². The summed E-state index contributed by atoms with van der Waals surface area (Å²) in [7, 11) is 0. The molecule has 4 nitrogen and oxygen atoms in total. The fourth-order valence-electron chi connectivity index (χ4n) is 2.97. The van der Waals surface area contributed by atoms with Gasteiger partial charge in [0.05, 0.1) is 0 Å². The summed E-state index contributed by atoms with van der Waals surface area (Å²) in [6.45, 7) is 6.03. The normalized spacial score (nSPS) is 10.9. The van der Waals surface area contributed by atoms with Gasteiger partial charge in [-0.25, -0.2) is 0 Å². The zero-order valence-corrected chi connectivity index (χ0v) is 17.5. The highest BCUT2D eigenvalue weighted by atomic mass is 16.7. The Hall–Kier alpha value is -1.06. The van der Waals surface area contributed by atoms with E-state index in [2.05, 4.69) is 13.8 Å². The van der Waals surface area contributed by atoms with Crippen LogP contribution in [0.15, 0.2) is 0 Å². The molecule has 26 heavy (non-hydrogen) atoms. The summed E-state index contributed by atoms with van der Waals surface area (Å²) in [5.41, 5.74) is 0. The van der Waals surface area contributed by atoms with E-state index in [0.717, 1.165) is 25.7 Å². The Morgan fingerprint density at radius 2 is 0.885 bits per heavy atom. The lowest BCUT2D eigenvalue weighted by molar-refractivity contribution is -0.184. The van der Waals surface area contributed by atoms with Gasteiger partial charge in [0.25, 0.3) is 0 Å². The van der Waals surface area contributed by atoms with Crippen LogP contribution in [0.5, 0.6) is 0 Å². The molecule has 0 aromatic rings. The Kier molecular flexibility index (Phi) is 18.0. The van der Waals surface area contributed by atoms with Gasteiger partial charge >= 0.3 is 11.9 Å². The van der Waals surface area contributed by atoms with Crippen molar-refractivity contribution >= 4 is 11.9 Å². The lowest BCUT2D eigenvalue weighted by atomic mass is 10.1. The molecule has 0 amide bonds. The number of hydrogen-bond donors (Lipinski definition) is 0. The summed E-state index contributed by atoms with van der Waals surface area (Å²) in [6, 6.07) is 0. The summed E-state index contributed by atoms with van der Waals surface area (Å²) < 4.78 is 10.3. The molecule has 154 valence electrons. The van der Waals surface area contributed by atoms with Crippen LogP contribution in [0.25, 0.3) is 0 Å². The lowest BCUT2D eigenvalue weighted by Gasteiger charge is -2.14. The van der Waals surface area contributed by atoms with E-state index in [4.69, 9.17) is 9.47 Å².